The summed E-state index contributed by atoms with van der Waals surface area (Å²) >= 11 is 0. The molecule has 0 fully saturated rings. The zero-order valence-corrected chi connectivity index (χ0v) is 9.96. The van der Waals surface area contributed by atoms with Crippen LogP contribution in [0.15, 0.2) is 36.0 Å². The van der Waals surface area contributed by atoms with Crippen LogP contribution >= 0.6 is 0 Å². The van der Waals surface area contributed by atoms with Gasteiger partial charge < -0.3 is 5.32 Å². The number of unbranched alkanes of at least 4 members (excludes halogenated alkanes) is 1. The van der Waals surface area contributed by atoms with E-state index in [2.05, 4.69) is 18.3 Å². The third kappa shape index (κ3) is 3.43. The number of nitrogens with zero attached hydrogens (tertiary/aromatic N) is 1. The average molecular weight is 214 g/mol. The highest BCUT2D eigenvalue weighted by atomic mass is 14.9. The smallest absolute Gasteiger partial charge is 0.102 e. The van der Waals surface area contributed by atoms with E-state index in [4.69, 9.17) is 5.26 Å². The van der Waals surface area contributed by atoms with Crippen molar-refractivity contribution in [3.63, 3.8) is 0 Å². The zero-order valence-electron chi connectivity index (χ0n) is 9.96. The average Bonchev–Trinajstić information content (AvgIpc) is 2.32. The molecule has 1 rings (SSSR count). The van der Waals surface area contributed by atoms with Crippen LogP contribution in [-0.4, -0.2) is 6.54 Å². The number of hydrogen-bond donors (Lipinski definition) is 1. The van der Waals surface area contributed by atoms with Crippen molar-refractivity contribution in [1.82, 2.24) is 5.32 Å². The summed E-state index contributed by atoms with van der Waals surface area (Å²) in [6, 6.07) is 12.0. The lowest BCUT2D eigenvalue weighted by molar-refractivity contribution is 0.712. The molecule has 0 aliphatic heterocycles. The van der Waals surface area contributed by atoms with E-state index in [1.807, 2.05) is 37.3 Å². The fourth-order valence-corrected chi connectivity index (χ4v) is 1.51. The number of allylic oxidation sites excluding steroid dienone is 2. The van der Waals surface area contributed by atoms with Crippen LogP contribution in [0.1, 0.15) is 32.3 Å². The Balaban J connectivity index is 2.81. The predicted octanol–water partition coefficient (Wildman–Crippen LogP) is 3.33. The summed E-state index contributed by atoms with van der Waals surface area (Å²) in [4.78, 5) is 0. The van der Waals surface area contributed by atoms with Crippen LogP contribution in [-0.2, 0) is 0 Å². The molecule has 0 heterocycles. The fourth-order valence-electron chi connectivity index (χ4n) is 1.51. The first kappa shape index (κ1) is 12.3. The summed E-state index contributed by atoms with van der Waals surface area (Å²) in [5.41, 5.74) is 2.67. The first-order valence-corrected chi connectivity index (χ1v) is 5.69. The van der Waals surface area contributed by atoms with Gasteiger partial charge in [0.25, 0.3) is 0 Å². The molecular formula is C14H18N2. The van der Waals surface area contributed by atoms with Crippen molar-refractivity contribution in [2.75, 3.05) is 6.54 Å². The molecule has 84 valence electrons. The minimum atomic E-state index is 0.733. The summed E-state index contributed by atoms with van der Waals surface area (Å²) in [7, 11) is 0. The normalized spacial score (nSPS) is 11.6. The Bertz CT molecular complexity index is 385. The number of benzene rings is 1. The van der Waals surface area contributed by atoms with Gasteiger partial charge in [0.15, 0.2) is 0 Å². The highest BCUT2D eigenvalue weighted by Gasteiger charge is 2.03. The third-order valence-corrected chi connectivity index (χ3v) is 2.47. The van der Waals surface area contributed by atoms with Crippen LogP contribution in [0.5, 0.6) is 0 Å². The molecule has 1 N–H and O–H groups in total. The summed E-state index contributed by atoms with van der Waals surface area (Å²) in [6.07, 6.45) is 2.29. The third-order valence-electron chi connectivity index (χ3n) is 2.47. The molecule has 0 aliphatic carbocycles. The second-order valence-electron chi connectivity index (χ2n) is 3.76. The van der Waals surface area contributed by atoms with Crippen LogP contribution in [0, 0.1) is 11.3 Å². The van der Waals surface area contributed by atoms with Gasteiger partial charge >= 0.3 is 0 Å². The van der Waals surface area contributed by atoms with Crippen LogP contribution < -0.4 is 5.32 Å². The molecule has 0 spiro atoms. The van der Waals surface area contributed by atoms with Gasteiger partial charge in [-0.25, -0.2) is 0 Å². The van der Waals surface area contributed by atoms with Crippen molar-refractivity contribution < 1.29 is 0 Å². The van der Waals surface area contributed by atoms with Crippen LogP contribution in [0.4, 0.5) is 0 Å². The fraction of sp³-hybridized carbons (Fsp3) is 0.357. The number of nitrogens with one attached hydrogen (secondary N) is 1. The van der Waals surface area contributed by atoms with Crippen molar-refractivity contribution in [3.8, 4) is 6.07 Å². The largest absolute Gasteiger partial charge is 0.387 e. The Labute approximate surface area is 97.6 Å². The summed E-state index contributed by atoms with van der Waals surface area (Å²) in [6.45, 7) is 5.05. The second-order valence-corrected chi connectivity index (χ2v) is 3.76. The van der Waals surface area contributed by atoms with E-state index in [1.54, 1.807) is 0 Å². The Morgan fingerprint density at radius 3 is 2.56 bits per heavy atom. The monoisotopic (exact) mass is 214 g/mol. The highest BCUT2D eigenvalue weighted by Crippen LogP contribution is 2.15. The molecule has 0 aromatic heterocycles. The number of rotatable bonds is 5. The van der Waals surface area contributed by atoms with E-state index < -0.39 is 0 Å². The van der Waals surface area contributed by atoms with Gasteiger partial charge in [0.05, 0.1) is 5.57 Å². The molecule has 0 amide bonds. The van der Waals surface area contributed by atoms with Gasteiger partial charge in [-0.05, 0) is 18.9 Å². The molecule has 16 heavy (non-hydrogen) atoms. The van der Waals surface area contributed by atoms with E-state index in [-0.39, 0.29) is 0 Å². The molecule has 0 saturated carbocycles. The van der Waals surface area contributed by atoms with Gasteiger partial charge in [0, 0.05) is 12.2 Å². The van der Waals surface area contributed by atoms with Crippen LogP contribution in [0.2, 0.25) is 0 Å². The van der Waals surface area contributed by atoms with Gasteiger partial charge in [-0.15, -0.1) is 0 Å². The lowest BCUT2D eigenvalue weighted by Crippen LogP contribution is -2.13. The molecule has 1 aromatic carbocycles. The molecule has 0 radical (unpaired) electrons. The Kier molecular flexibility index (Phi) is 5.15. The molecule has 1 aromatic rings. The standard InChI is InChI=1S/C14H18N2/c1-3-4-10-16-12(2)14(11-15)13-8-6-5-7-9-13/h5-9,16H,3-4,10H2,1-2H3/b14-12+. The predicted molar refractivity (Wildman–Crippen MR) is 67.6 cm³/mol. The van der Waals surface area contributed by atoms with E-state index in [9.17, 15) is 0 Å². The van der Waals surface area contributed by atoms with Crippen LogP contribution in [0.3, 0.4) is 0 Å². The SMILES string of the molecule is CCCCN/C(C)=C(\C#N)c1ccccc1. The van der Waals surface area contributed by atoms with Gasteiger partial charge in [0.2, 0.25) is 0 Å². The van der Waals surface area contributed by atoms with Crippen molar-refractivity contribution in [3.05, 3.63) is 41.6 Å². The molecular weight excluding hydrogens is 196 g/mol. The summed E-state index contributed by atoms with van der Waals surface area (Å²) in [5, 5.41) is 12.4. The van der Waals surface area contributed by atoms with Crippen molar-refractivity contribution >= 4 is 5.57 Å². The van der Waals surface area contributed by atoms with E-state index in [0.717, 1.165) is 36.2 Å². The molecule has 0 unspecified atom stereocenters. The first-order valence-electron chi connectivity index (χ1n) is 5.69. The van der Waals surface area contributed by atoms with Gasteiger partial charge in [-0.1, -0.05) is 43.7 Å². The van der Waals surface area contributed by atoms with Crippen LogP contribution in [0.25, 0.3) is 5.57 Å². The van der Waals surface area contributed by atoms with E-state index in [1.165, 1.54) is 0 Å². The van der Waals surface area contributed by atoms with Gasteiger partial charge in [-0.2, -0.15) is 5.26 Å². The molecule has 2 nitrogen and oxygen atoms in total. The quantitative estimate of drug-likeness (QED) is 0.603. The summed E-state index contributed by atoms with van der Waals surface area (Å²) in [5.74, 6) is 0. The lowest BCUT2D eigenvalue weighted by Gasteiger charge is -2.08. The van der Waals surface area contributed by atoms with E-state index in [0.29, 0.717) is 0 Å². The Hall–Kier alpha value is -1.75. The minimum Gasteiger partial charge on any atom is -0.387 e. The maximum absolute atomic E-state index is 9.16. The van der Waals surface area contributed by atoms with Gasteiger partial charge in [0.1, 0.15) is 6.07 Å². The number of nitriles is 1. The van der Waals surface area contributed by atoms with E-state index >= 15 is 0 Å². The number of hydrogen-bond acceptors (Lipinski definition) is 2. The molecule has 0 aliphatic rings. The second kappa shape index (κ2) is 6.68. The minimum absolute atomic E-state index is 0.733. The molecule has 0 atom stereocenters. The molecule has 0 bridgehead atoms. The zero-order chi connectivity index (χ0) is 11.8. The van der Waals surface area contributed by atoms with Gasteiger partial charge in [-0.3, -0.25) is 0 Å². The first-order chi connectivity index (χ1) is 7.79. The summed E-state index contributed by atoms with van der Waals surface area (Å²) < 4.78 is 0. The highest BCUT2D eigenvalue weighted by molar-refractivity contribution is 5.78. The topological polar surface area (TPSA) is 35.8 Å². The Morgan fingerprint density at radius 1 is 1.31 bits per heavy atom. The van der Waals surface area contributed by atoms with Crippen molar-refractivity contribution in [1.29, 1.82) is 5.26 Å². The van der Waals surface area contributed by atoms with Crippen molar-refractivity contribution in [2.24, 2.45) is 0 Å². The molecule has 2 heteroatoms. The Morgan fingerprint density at radius 2 is 2.00 bits per heavy atom. The molecule has 0 saturated heterocycles. The maximum Gasteiger partial charge on any atom is 0.102 e. The lowest BCUT2D eigenvalue weighted by atomic mass is 10.1. The maximum atomic E-state index is 9.16. The van der Waals surface area contributed by atoms with Crippen molar-refractivity contribution in [2.45, 2.75) is 26.7 Å².